The third kappa shape index (κ3) is 14.5. The van der Waals surface area contributed by atoms with Crippen LogP contribution in [0.3, 0.4) is 0 Å². The number of likely N-dealkylation sites (N-methyl/N-ethyl adjacent to an activating group) is 2. The minimum atomic E-state index is -0.814. The summed E-state index contributed by atoms with van der Waals surface area (Å²) >= 11 is 4.95. The van der Waals surface area contributed by atoms with Crippen LogP contribution in [0.4, 0.5) is 9.59 Å². The number of ether oxygens (including phenoxy) is 4. The second kappa shape index (κ2) is 23.2. The number of halogens is 1. The van der Waals surface area contributed by atoms with E-state index in [-0.39, 0.29) is 12.2 Å². The molecule has 2 heterocycles. The van der Waals surface area contributed by atoms with Crippen molar-refractivity contribution in [2.45, 2.75) is 12.2 Å². The quantitative estimate of drug-likeness (QED) is 0.101. The van der Waals surface area contributed by atoms with Crippen LogP contribution in [0, 0.1) is 0 Å². The van der Waals surface area contributed by atoms with E-state index in [4.69, 9.17) is 25.8 Å². The molecule has 0 bridgehead atoms. The Morgan fingerprint density at radius 1 is 0.589 bits per heavy atom. The third-order valence-electron chi connectivity index (χ3n) is 8.20. The maximum absolute atomic E-state index is 12.2. The van der Waals surface area contributed by atoms with Gasteiger partial charge in [-0.1, -0.05) is 97.1 Å². The van der Waals surface area contributed by atoms with Gasteiger partial charge in [0.1, 0.15) is 23.7 Å². The van der Waals surface area contributed by atoms with Crippen LogP contribution in [-0.4, -0.2) is 88.3 Å². The van der Waals surface area contributed by atoms with Gasteiger partial charge >= 0.3 is 11.5 Å². The fourth-order valence-corrected chi connectivity index (χ4v) is 5.33. The number of carbonyl (C=O) groups is 2. The summed E-state index contributed by atoms with van der Waals surface area (Å²) in [6, 6.07) is 41.8. The molecule has 12 nitrogen and oxygen atoms in total. The number of carbonyl (C=O) groups excluding carboxylic acids is 2. The molecular weight excluding hydrogens is 732 g/mol. The van der Waals surface area contributed by atoms with Gasteiger partial charge < -0.3 is 28.7 Å². The van der Waals surface area contributed by atoms with Gasteiger partial charge in [-0.25, -0.2) is 9.59 Å². The number of benzene rings is 4. The Kier molecular flexibility index (Phi) is 17.8. The summed E-state index contributed by atoms with van der Waals surface area (Å²) in [5, 5.41) is 8.47. The average molecular weight is 781 g/mol. The molecule has 0 radical (unpaired) electrons. The zero-order valence-electron chi connectivity index (χ0n) is 32.4. The Bertz CT molecular complexity index is 1990. The van der Waals surface area contributed by atoms with Gasteiger partial charge in [0, 0.05) is 58.2 Å². The highest BCUT2D eigenvalue weighted by Gasteiger charge is 2.20. The lowest BCUT2D eigenvalue weighted by molar-refractivity contribution is 0.0602. The molecule has 1 amide bonds. The van der Waals surface area contributed by atoms with Gasteiger partial charge in [-0.3, -0.25) is 9.36 Å². The number of hydrogen-bond donors (Lipinski definition) is 0. The number of aromatic nitrogens is 4. The van der Waals surface area contributed by atoms with Gasteiger partial charge in [0.2, 0.25) is 0 Å². The number of para-hydroxylation sites is 2. The normalized spacial score (nSPS) is 11.6. The van der Waals surface area contributed by atoms with Crippen molar-refractivity contribution in [1.29, 1.82) is 0 Å². The highest BCUT2D eigenvalue weighted by molar-refractivity contribution is 6.61. The van der Waals surface area contributed by atoms with Crippen molar-refractivity contribution in [3.63, 3.8) is 0 Å². The minimum absolute atomic E-state index is 0.0614. The van der Waals surface area contributed by atoms with Crippen molar-refractivity contribution in [2.24, 2.45) is 14.1 Å². The second-order valence-electron chi connectivity index (χ2n) is 12.6. The van der Waals surface area contributed by atoms with Crippen LogP contribution in [-0.2, 0) is 23.6 Å². The van der Waals surface area contributed by atoms with Gasteiger partial charge in [-0.15, -0.1) is 0 Å². The van der Waals surface area contributed by atoms with E-state index in [1.165, 1.54) is 4.90 Å². The molecule has 13 heteroatoms. The summed E-state index contributed by atoms with van der Waals surface area (Å²) in [7, 11) is 9.62. The van der Waals surface area contributed by atoms with E-state index in [1.54, 1.807) is 60.5 Å². The lowest BCUT2D eigenvalue weighted by atomic mass is 10.1. The van der Waals surface area contributed by atoms with Crippen LogP contribution in [0.25, 0.3) is 0 Å². The van der Waals surface area contributed by atoms with Gasteiger partial charge in [0.15, 0.2) is 0 Å². The van der Waals surface area contributed by atoms with E-state index in [2.05, 4.69) is 32.0 Å². The predicted octanol–water partition coefficient (Wildman–Crippen LogP) is 8.17. The Balaban J connectivity index is 0.000000207. The summed E-state index contributed by atoms with van der Waals surface area (Å²) < 4.78 is 25.7. The molecule has 0 aliphatic rings. The summed E-state index contributed by atoms with van der Waals surface area (Å²) in [6.45, 7) is 2.37. The molecular formula is C43H49ClN6O6. The van der Waals surface area contributed by atoms with E-state index in [0.29, 0.717) is 31.3 Å². The molecule has 4 aromatic carbocycles. The molecule has 0 spiro atoms. The Labute approximate surface area is 333 Å². The van der Waals surface area contributed by atoms with Crippen LogP contribution in [0.5, 0.6) is 11.5 Å². The summed E-state index contributed by atoms with van der Waals surface area (Å²) in [5.74, 6) is 0.981. The molecule has 2 unspecified atom stereocenters. The van der Waals surface area contributed by atoms with Crippen LogP contribution in [0.15, 0.2) is 146 Å². The molecule has 56 heavy (non-hydrogen) atoms. The van der Waals surface area contributed by atoms with Crippen LogP contribution < -0.4 is 9.47 Å². The first kappa shape index (κ1) is 42.9. The van der Waals surface area contributed by atoms with Gasteiger partial charge in [0.25, 0.3) is 0 Å². The zero-order valence-corrected chi connectivity index (χ0v) is 33.1. The topological polar surface area (TPSA) is 113 Å². The number of rotatable bonds is 14. The first-order chi connectivity index (χ1) is 27.1. The summed E-state index contributed by atoms with van der Waals surface area (Å²) in [5.41, 5.74) is 3.41. The third-order valence-corrected chi connectivity index (χ3v) is 8.27. The summed E-state index contributed by atoms with van der Waals surface area (Å²) in [4.78, 5) is 25.9. The van der Waals surface area contributed by atoms with Gasteiger partial charge in [-0.05, 0) is 61.6 Å². The smallest absolute Gasteiger partial charge is 0.415 e. The highest BCUT2D eigenvalue weighted by atomic mass is 35.5. The maximum Gasteiger partial charge on any atom is 0.415 e. The largest absolute Gasteiger partial charge is 0.415 e. The first-order valence-corrected chi connectivity index (χ1v) is 18.3. The standard InChI is InChI=1S/C21H23N3O3.C15H21N3O.C7H5ClO2/c1-23(21(25)27-18-11-7-4-8-12-18)15-16-26-20(17-9-5-3-6-10-17)19-13-14-22-24(19)2;1-17(2)11-12-19-15(13-7-5-4-6-8-13)14-9-10-16-18(14)3;8-7(9)10-6-4-2-1-3-5-6/h3-14,20H,15-16H2,1-2H3;4-10,15H,11-12H2,1-3H3;1-5H. The van der Waals surface area contributed by atoms with Gasteiger partial charge in [-0.2, -0.15) is 10.2 Å². The van der Waals surface area contributed by atoms with E-state index in [9.17, 15) is 9.59 Å². The van der Waals surface area contributed by atoms with Crippen molar-refractivity contribution in [3.05, 3.63) is 168 Å². The second-order valence-corrected chi connectivity index (χ2v) is 12.9. The Morgan fingerprint density at radius 2 is 0.982 bits per heavy atom. The Hall–Kier alpha value is -5.79. The van der Waals surface area contributed by atoms with Crippen LogP contribution in [0.2, 0.25) is 0 Å². The van der Waals surface area contributed by atoms with E-state index >= 15 is 0 Å². The maximum atomic E-state index is 12.2. The molecule has 6 aromatic rings. The monoisotopic (exact) mass is 780 g/mol. The predicted molar refractivity (Wildman–Crippen MR) is 217 cm³/mol. The molecule has 2 aromatic heterocycles. The number of aryl methyl sites for hydroxylation is 2. The van der Waals surface area contributed by atoms with Crippen molar-refractivity contribution in [3.8, 4) is 11.5 Å². The molecule has 0 saturated carbocycles. The van der Waals surface area contributed by atoms with Gasteiger partial charge in [0.05, 0.1) is 24.6 Å². The number of hydrogen-bond acceptors (Lipinski definition) is 9. The van der Waals surface area contributed by atoms with Crippen molar-refractivity contribution in [2.75, 3.05) is 47.4 Å². The molecule has 0 N–H and O–H groups in total. The summed E-state index contributed by atoms with van der Waals surface area (Å²) in [6.07, 6.45) is 2.82. The lowest BCUT2D eigenvalue weighted by Gasteiger charge is -2.21. The molecule has 2 atom stereocenters. The van der Waals surface area contributed by atoms with Crippen LogP contribution in [0.1, 0.15) is 34.7 Å². The van der Waals surface area contributed by atoms with Crippen molar-refractivity contribution < 1.29 is 28.5 Å². The molecule has 0 fully saturated rings. The fraction of sp³-hybridized carbons (Fsp3) is 0.256. The van der Waals surface area contributed by atoms with Crippen molar-refractivity contribution in [1.82, 2.24) is 29.4 Å². The number of nitrogens with zero attached hydrogens (tertiary/aromatic N) is 6. The minimum Gasteiger partial charge on any atom is -0.415 e. The molecule has 0 aliphatic carbocycles. The highest BCUT2D eigenvalue weighted by Crippen LogP contribution is 2.26. The number of amides is 1. The van der Waals surface area contributed by atoms with Crippen LogP contribution >= 0.6 is 11.6 Å². The molecule has 0 aliphatic heterocycles. The Morgan fingerprint density at radius 3 is 1.36 bits per heavy atom. The zero-order chi connectivity index (χ0) is 40.1. The first-order valence-electron chi connectivity index (χ1n) is 18.0. The van der Waals surface area contributed by atoms with E-state index < -0.39 is 11.5 Å². The average Bonchev–Trinajstić information content (AvgIpc) is 3.83. The molecule has 6 rings (SSSR count). The van der Waals surface area contributed by atoms with E-state index in [0.717, 1.165) is 29.1 Å². The van der Waals surface area contributed by atoms with E-state index in [1.807, 2.05) is 118 Å². The molecule has 0 saturated heterocycles. The van der Waals surface area contributed by atoms with Crippen molar-refractivity contribution >= 4 is 23.1 Å². The lowest BCUT2D eigenvalue weighted by Crippen LogP contribution is -2.33. The molecule has 294 valence electrons. The SMILES string of the molecule is CN(C)CCOC(c1ccccc1)c1ccnn1C.CN(CCOC(c1ccccc1)c1ccnn1C)C(=O)Oc1ccccc1.O=C(Cl)Oc1ccccc1. The fourth-order valence-electron chi connectivity index (χ4n) is 5.24.